The van der Waals surface area contributed by atoms with Crippen molar-refractivity contribution >= 4 is 23.2 Å². The number of ether oxygens (including phenoxy) is 4. The Morgan fingerprint density at radius 3 is 1.81 bits per heavy atom. The van der Waals surface area contributed by atoms with E-state index in [9.17, 15) is 9.59 Å². The van der Waals surface area contributed by atoms with Gasteiger partial charge in [0.2, 0.25) is 0 Å². The van der Waals surface area contributed by atoms with Crippen LogP contribution in [0.5, 0.6) is 23.0 Å². The van der Waals surface area contributed by atoms with Crippen LogP contribution in [0.1, 0.15) is 37.6 Å². The summed E-state index contributed by atoms with van der Waals surface area (Å²) < 4.78 is 22.6. The minimum Gasteiger partial charge on any atom is -0.494 e. The van der Waals surface area contributed by atoms with Gasteiger partial charge >= 0.3 is 0 Å². The molecule has 3 aromatic carbocycles. The molecule has 0 aromatic heterocycles. The lowest BCUT2D eigenvalue weighted by atomic mass is 10.2. The third kappa shape index (κ3) is 7.66. The van der Waals surface area contributed by atoms with E-state index in [1.165, 1.54) is 0 Å². The Morgan fingerprint density at radius 2 is 1.25 bits per heavy atom. The van der Waals surface area contributed by atoms with Crippen LogP contribution in [-0.4, -0.2) is 38.2 Å². The van der Waals surface area contributed by atoms with E-state index in [0.29, 0.717) is 54.0 Å². The lowest BCUT2D eigenvalue weighted by molar-refractivity contribution is -0.118. The van der Waals surface area contributed by atoms with Gasteiger partial charge in [0.1, 0.15) is 23.0 Å². The smallest absolute Gasteiger partial charge is 0.262 e. The normalized spacial score (nSPS) is 10.3. The van der Waals surface area contributed by atoms with Crippen LogP contribution in [0.4, 0.5) is 11.4 Å². The molecule has 8 nitrogen and oxygen atoms in total. The van der Waals surface area contributed by atoms with E-state index in [-0.39, 0.29) is 18.4 Å². The highest BCUT2D eigenvalue weighted by Crippen LogP contribution is 2.37. The highest BCUT2D eigenvalue weighted by Gasteiger charge is 2.17. The molecule has 2 N–H and O–H groups in total. The first kappa shape index (κ1) is 26.4. The number of amides is 2. The number of hydrogen-bond donors (Lipinski definition) is 2. The maximum Gasteiger partial charge on any atom is 0.262 e. The summed E-state index contributed by atoms with van der Waals surface area (Å²) in [5.74, 6) is 1.45. The topological polar surface area (TPSA) is 95.1 Å². The fourth-order valence-electron chi connectivity index (χ4n) is 3.28. The Morgan fingerprint density at radius 1 is 0.694 bits per heavy atom. The second kappa shape index (κ2) is 13.6. The lowest BCUT2D eigenvalue weighted by Crippen LogP contribution is -2.21. The molecule has 0 spiro atoms. The summed E-state index contributed by atoms with van der Waals surface area (Å²) in [6.07, 6.45) is 0.924. The van der Waals surface area contributed by atoms with E-state index < -0.39 is 0 Å². The first-order chi connectivity index (χ1) is 17.5. The molecule has 0 saturated heterocycles. The number of benzene rings is 3. The Labute approximate surface area is 211 Å². The molecular formula is C28H32N2O6. The Hall–Kier alpha value is -4.20. The zero-order chi connectivity index (χ0) is 25.8. The molecule has 190 valence electrons. The van der Waals surface area contributed by atoms with Gasteiger partial charge in [0.05, 0.1) is 31.2 Å². The van der Waals surface area contributed by atoms with Crippen molar-refractivity contribution in [1.82, 2.24) is 0 Å². The van der Waals surface area contributed by atoms with Crippen molar-refractivity contribution in [2.45, 2.75) is 27.2 Å². The van der Waals surface area contributed by atoms with E-state index in [4.69, 9.17) is 18.9 Å². The molecule has 0 bridgehead atoms. The molecule has 0 unspecified atom stereocenters. The zero-order valence-corrected chi connectivity index (χ0v) is 20.8. The lowest BCUT2D eigenvalue weighted by Gasteiger charge is -2.18. The maximum atomic E-state index is 12.7. The highest BCUT2D eigenvalue weighted by molar-refractivity contribution is 6.05. The van der Waals surface area contributed by atoms with Crippen molar-refractivity contribution in [1.29, 1.82) is 0 Å². The van der Waals surface area contributed by atoms with Gasteiger partial charge in [-0.3, -0.25) is 9.59 Å². The van der Waals surface area contributed by atoms with Gasteiger partial charge < -0.3 is 29.6 Å². The molecule has 0 radical (unpaired) electrons. The number of nitrogens with one attached hydrogen (secondary N) is 2. The molecule has 3 aromatic rings. The molecule has 3 rings (SSSR count). The first-order valence-electron chi connectivity index (χ1n) is 12.0. The van der Waals surface area contributed by atoms with E-state index in [0.717, 1.165) is 12.2 Å². The Balaban J connectivity index is 1.71. The van der Waals surface area contributed by atoms with Crippen molar-refractivity contribution in [2.75, 3.05) is 37.1 Å². The summed E-state index contributed by atoms with van der Waals surface area (Å²) in [7, 11) is 0. The Bertz CT molecular complexity index is 1130. The van der Waals surface area contributed by atoms with Gasteiger partial charge in [-0.2, -0.15) is 0 Å². The van der Waals surface area contributed by atoms with Crippen LogP contribution in [-0.2, 0) is 4.79 Å². The predicted octanol–water partition coefficient (Wildman–Crippen LogP) is 5.54. The van der Waals surface area contributed by atoms with Crippen LogP contribution in [0.15, 0.2) is 66.7 Å². The van der Waals surface area contributed by atoms with Crippen molar-refractivity contribution in [3.63, 3.8) is 0 Å². The summed E-state index contributed by atoms with van der Waals surface area (Å²) in [5.41, 5.74) is 1.36. The van der Waals surface area contributed by atoms with Gasteiger partial charge in [-0.15, -0.1) is 0 Å². The van der Waals surface area contributed by atoms with Crippen molar-refractivity contribution in [3.05, 3.63) is 72.3 Å². The van der Waals surface area contributed by atoms with Gasteiger partial charge in [0.15, 0.2) is 6.61 Å². The highest BCUT2D eigenvalue weighted by atomic mass is 16.5. The molecule has 0 heterocycles. The van der Waals surface area contributed by atoms with Crippen LogP contribution < -0.4 is 29.6 Å². The summed E-state index contributed by atoms with van der Waals surface area (Å²) in [5, 5.41) is 5.67. The molecule has 0 aliphatic heterocycles. The molecule has 0 atom stereocenters. The summed E-state index contributed by atoms with van der Waals surface area (Å²) in [4.78, 5) is 25.3. The van der Waals surface area contributed by atoms with Crippen molar-refractivity contribution in [2.24, 2.45) is 0 Å². The second-order valence-electron chi connectivity index (χ2n) is 7.69. The number of rotatable bonds is 13. The molecule has 0 fully saturated rings. The zero-order valence-electron chi connectivity index (χ0n) is 20.8. The largest absolute Gasteiger partial charge is 0.494 e. The van der Waals surface area contributed by atoms with Crippen LogP contribution >= 0.6 is 0 Å². The van der Waals surface area contributed by atoms with Gasteiger partial charge in [0, 0.05) is 17.7 Å². The average Bonchev–Trinajstić information content (AvgIpc) is 2.90. The quantitative estimate of drug-likeness (QED) is 0.325. The van der Waals surface area contributed by atoms with Gasteiger partial charge in [-0.1, -0.05) is 25.1 Å². The summed E-state index contributed by atoms with van der Waals surface area (Å²) in [6.45, 7) is 6.90. The standard InChI is InChI=1S/C28H32N2O6/c1-4-16-35-21-12-14-22(15-13-21)36-19-27(31)29-23-17-26(34-6-3)24(18-25(23)33-5-2)30-28(32)20-10-8-7-9-11-20/h7-15,17-18H,4-6,16,19H2,1-3H3,(H,29,31)(H,30,32). The molecule has 8 heteroatoms. The first-order valence-corrected chi connectivity index (χ1v) is 12.0. The summed E-state index contributed by atoms with van der Waals surface area (Å²) in [6, 6.07) is 19.2. The molecule has 36 heavy (non-hydrogen) atoms. The van der Waals surface area contributed by atoms with Crippen molar-refractivity contribution < 1.29 is 28.5 Å². The molecule has 0 aliphatic carbocycles. The average molecular weight is 493 g/mol. The van der Waals surface area contributed by atoms with Gasteiger partial charge in [-0.05, 0) is 56.7 Å². The third-order valence-corrected chi connectivity index (χ3v) is 4.91. The number of carbonyl (C=O) groups is 2. The van der Waals surface area contributed by atoms with Gasteiger partial charge in [0.25, 0.3) is 11.8 Å². The monoisotopic (exact) mass is 492 g/mol. The van der Waals surface area contributed by atoms with Crippen LogP contribution in [0.25, 0.3) is 0 Å². The van der Waals surface area contributed by atoms with E-state index in [2.05, 4.69) is 10.6 Å². The van der Waals surface area contributed by atoms with Crippen LogP contribution in [0.2, 0.25) is 0 Å². The number of carbonyl (C=O) groups excluding carboxylic acids is 2. The maximum absolute atomic E-state index is 12.7. The van der Waals surface area contributed by atoms with E-state index >= 15 is 0 Å². The minimum atomic E-state index is -0.370. The minimum absolute atomic E-state index is 0.197. The van der Waals surface area contributed by atoms with Crippen LogP contribution in [0, 0.1) is 0 Å². The second-order valence-corrected chi connectivity index (χ2v) is 7.69. The fraction of sp³-hybridized carbons (Fsp3) is 0.286. The van der Waals surface area contributed by atoms with Crippen molar-refractivity contribution in [3.8, 4) is 23.0 Å². The molecule has 2 amide bonds. The Kier molecular flexibility index (Phi) is 10.00. The van der Waals surface area contributed by atoms with E-state index in [1.807, 2.05) is 26.8 Å². The van der Waals surface area contributed by atoms with Crippen LogP contribution in [0.3, 0.4) is 0 Å². The molecule has 0 saturated carbocycles. The summed E-state index contributed by atoms with van der Waals surface area (Å²) >= 11 is 0. The van der Waals surface area contributed by atoms with E-state index in [1.54, 1.807) is 60.7 Å². The SMILES string of the molecule is CCCOc1ccc(OCC(=O)Nc2cc(OCC)c(NC(=O)c3ccccc3)cc2OCC)cc1. The van der Waals surface area contributed by atoms with Gasteiger partial charge in [-0.25, -0.2) is 0 Å². The fourth-order valence-corrected chi connectivity index (χ4v) is 3.28. The molecular weight excluding hydrogens is 460 g/mol. The predicted molar refractivity (Wildman–Crippen MR) is 140 cm³/mol. The number of hydrogen-bond acceptors (Lipinski definition) is 6. The molecule has 0 aliphatic rings. The number of anilines is 2. The third-order valence-electron chi connectivity index (χ3n) is 4.91.